The summed E-state index contributed by atoms with van der Waals surface area (Å²) in [5.74, 6) is -1.38. The highest BCUT2D eigenvalue weighted by molar-refractivity contribution is 7.89. The molecule has 1 fully saturated rings. The zero-order valence-corrected chi connectivity index (χ0v) is 28.9. The number of hydrogen-bond donors (Lipinski definition) is 3. The number of benzene rings is 1. The van der Waals surface area contributed by atoms with E-state index in [1.165, 1.54) is 33.9 Å². The minimum absolute atomic E-state index is 0.00476. The largest absolute Gasteiger partial charge is 0.481 e. The number of hydrogen-bond acceptors (Lipinski definition) is 9. The molecular formula is C28H36Cl2F3N5O6S2. The number of rotatable bonds is 12. The molecule has 1 aliphatic rings. The molecule has 46 heavy (non-hydrogen) atoms. The van der Waals surface area contributed by atoms with Gasteiger partial charge in [0, 0.05) is 31.6 Å². The van der Waals surface area contributed by atoms with Gasteiger partial charge >= 0.3 is 12.1 Å². The summed E-state index contributed by atoms with van der Waals surface area (Å²) in [6.45, 7) is 6.41. The average molecular weight is 731 g/mol. The number of nitrogens with zero attached hydrogens (tertiary/aromatic N) is 3. The minimum atomic E-state index is -4.83. The van der Waals surface area contributed by atoms with Gasteiger partial charge in [-0.05, 0) is 52.5 Å². The summed E-state index contributed by atoms with van der Waals surface area (Å²) in [4.78, 5) is 31.3. The summed E-state index contributed by atoms with van der Waals surface area (Å²) in [5, 5.41) is 13.0. The van der Waals surface area contributed by atoms with E-state index in [0.717, 1.165) is 36.7 Å². The van der Waals surface area contributed by atoms with Crippen molar-refractivity contribution in [2.75, 3.05) is 13.6 Å². The van der Waals surface area contributed by atoms with Crippen LogP contribution >= 0.6 is 34.5 Å². The Kier molecular flexibility index (Phi) is 12.4. The van der Waals surface area contributed by atoms with Gasteiger partial charge in [-0.15, -0.1) is 16.4 Å². The number of piperidine rings is 1. The molecule has 1 aromatic heterocycles. The number of sulfonamides is 1. The van der Waals surface area contributed by atoms with E-state index in [4.69, 9.17) is 27.9 Å². The van der Waals surface area contributed by atoms with Crippen LogP contribution in [0.3, 0.4) is 0 Å². The number of aromatic nitrogens is 1. The van der Waals surface area contributed by atoms with Gasteiger partial charge < -0.3 is 20.2 Å². The van der Waals surface area contributed by atoms with Crippen molar-refractivity contribution in [2.24, 2.45) is 10.5 Å². The monoisotopic (exact) mass is 729 g/mol. The molecule has 0 bridgehead atoms. The second-order valence-electron chi connectivity index (χ2n) is 11.4. The molecule has 0 saturated carbocycles. The first-order chi connectivity index (χ1) is 21.3. The Balaban J connectivity index is 2.06. The zero-order valence-electron chi connectivity index (χ0n) is 25.8. The first-order valence-electron chi connectivity index (χ1n) is 14.3. The molecule has 2 aromatic rings. The maximum atomic E-state index is 13.8. The molecule has 1 aliphatic heterocycles. The molecule has 0 radical (unpaired) electrons. The van der Waals surface area contributed by atoms with Gasteiger partial charge in [0.1, 0.15) is 28.2 Å². The van der Waals surface area contributed by atoms with Crippen LogP contribution in [0.1, 0.15) is 75.3 Å². The van der Waals surface area contributed by atoms with Gasteiger partial charge in [0.2, 0.25) is 15.9 Å². The summed E-state index contributed by atoms with van der Waals surface area (Å²) in [6.07, 6.45) is -2.91. The number of halogens is 5. The third kappa shape index (κ3) is 8.82. The lowest BCUT2D eigenvalue weighted by Gasteiger charge is -2.33. The molecule has 2 heterocycles. The quantitative estimate of drug-likeness (QED) is 0.131. The summed E-state index contributed by atoms with van der Waals surface area (Å²) < 4.78 is 73.3. The maximum Gasteiger partial charge on any atom is 0.404 e. The number of ether oxygens (including phenoxy) is 1. The Morgan fingerprint density at radius 2 is 1.91 bits per heavy atom. The molecule has 18 heteroatoms. The molecular weight excluding hydrogens is 694 g/mol. The van der Waals surface area contributed by atoms with E-state index in [2.05, 4.69) is 15.5 Å². The van der Waals surface area contributed by atoms with E-state index in [0.29, 0.717) is 11.6 Å². The Labute approximate surface area is 279 Å². The zero-order chi connectivity index (χ0) is 34.6. The standard InChI is InChI=1S/C28H36Cl2F3N5O6S2/c1-6-18(28(31,32)33)37-46(42,43)17-11-10-16(21(29)22(17)30)24-23(25(39)38-12-8-7-9-15(38)2)35-20(45-24)14-44-19(36-34-5)13-27(3,4)26(40)41/h10-11,15,18,34,37H,6-9,12-14H2,1-5H3,(H,40,41)/b36-19-/t15-,18-/m0/s1. The van der Waals surface area contributed by atoms with Crippen LogP contribution in [0.2, 0.25) is 10.0 Å². The fourth-order valence-electron chi connectivity index (χ4n) is 4.68. The summed E-state index contributed by atoms with van der Waals surface area (Å²) in [6, 6.07) is -0.145. The van der Waals surface area contributed by atoms with Gasteiger partial charge in [0.15, 0.2) is 0 Å². The van der Waals surface area contributed by atoms with Crippen LogP contribution in [0, 0.1) is 5.41 Å². The number of alkyl halides is 3. The van der Waals surface area contributed by atoms with Crippen molar-refractivity contribution < 1.29 is 41.0 Å². The predicted octanol–water partition coefficient (Wildman–Crippen LogP) is 6.30. The third-order valence-corrected chi connectivity index (χ3v) is 11.0. The van der Waals surface area contributed by atoms with Crippen molar-refractivity contribution in [3.8, 4) is 10.4 Å². The lowest BCUT2D eigenvalue weighted by Crippen LogP contribution is -2.44. The van der Waals surface area contributed by atoms with E-state index < -0.39 is 55.9 Å². The predicted molar refractivity (Wildman–Crippen MR) is 170 cm³/mol. The second-order valence-corrected chi connectivity index (χ2v) is 14.9. The van der Waals surface area contributed by atoms with Crippen molar-refractivity contribution in [1.29, 1.82) is 0 Å². The Morgan fingerprint density at radius 3 is 2.48 bits per heavy atom. The van der Waals surface area contributed by atoms with Gasteiger partial charge in [-0.2, -0.15) is 17.9 Å². The minimum Gasteiger partial charge on any atom is -0.481 e. The molecule has 3 N–H and O–H groups in total. The number of nitrogens with one attached hydrogen (secondary N) is 2. The Hall–Kier alpha value is -2.66. The smallest absolute Gasteiger partial charge is 0.404 e. The Morgan fingerprint density at radius 1 is 1.24 bits per heavy atom. The first kappa shape index (κ1) is 37.8. The van der Waals surface area contributed by atoms with Crippen molar-refractivity contribution in [3.63, 3.8) is 0 Å². The van der Waals surface area contributed by atoms with Gasteiger partial charge in [-0.3, -0.25) is 9.59 Å². The number of likely N-dealkylation sites (tertiary alicyclic amines) is 1. The highest BCUT2D eigenvalue weighted by atomic mass is 35.5. The summed E-state index contributed by atoms with van der Waals surface area (Å²) in [7, 11) is -3.23. The van der Waals surface area contributed by atoms with Gasteiger partial charge in [0.25, 0.3) is 5.91 Å². The molecule has 3 rings (SSSR count). The van der Waals surface area contributed by atoms with Crippen LogP contribution in [0.15, 0.2) is 22.1 Å². The number of hydrazone groups is 1. The van der Waals surface area contributed by atoms with Crippen LogP contribution in [0.25, 0.3) is 10.4 Å². The molecule has 1 saturated heterocycles. The number of carboxylic acids is 1. The van der Waals surface area contributed by atoms with Crippen molar-refractivity contribution >= 4 is 62.3 Å². The average Bonchev–Trinajstić information content (AvgIpc) is 3.39. The SMILES string of the molecule is CC[C@H](NS(=O)(=O)c1ccc(-c2sc(CO/C(CC(C)(C)C(=O)O)=N\NC)nc2C(=O)N2CCCC[C@@H]2C)c(Cl)c1Cl)C(F)(F)F. The number of carboxylic acid groups (broad SMARTS) is 1. The van der Waals surface area contributed by atoms with Gasteiger partial charge in [-0.1, -0.05) is 36.2 Å². The number of carbonyl (C=O) groups excluding carboxylic acids is 1. The molecule has 0 spiro atoms. The number of carbonyl (C=O) groups is 2. The molecule has 1 aromatic carbocycles. The van der Waals surface area contributed by atoms with Crippen molar-refractivity contribution in [3.05, 3.63) is 32.9 Å². The van der Waals surface area contributed by atoms with Crippen LogP contribution < -0.4 is 10.1 Å². The van der Waals surface area contributed by atoms with E-state index in [1.807, 2.05) is 6.92 Å². The highest BCUT2D eigenvalue weighted by Crippen LogP contribution is 2.42. The molecule has 1 amide bonds. The number of aliphatic carboxylic acids is 1. The molecule has 0 unspecified atom stereocenters. The van der Waals surface area contributed by atoms with Crippen LogP contribution in [-0.2, 0) is 26.2 Å². The van der Waals surface area contributed by atoms with E-state index in [-0.39, 0.29) is 46.1 Å². The number of amides is 1. The fourth-order valence-corrected chi connectivity index (χ4v) is 7.91. The molecule has 2 atom stereocenters. The van der Waals surface area contributed by atoms with Crippen LogP contribution in [-0.4, -0.2) is 73.0 Å². The second kappa shape index (κ2) is 15.0. The van der Waals surface area contributed by atoms with Crippen LogP contribution in [0.4, 0.5) is 13.2 Å². The van der Waals surface area contributed by atoms with E-state index in [9.17, 15) is 36.3 Å². The summed E-state index contributed by atoms with van der Waals surface area (Å²) >= 11 is 13.9. The highest BCUT2D eigenvalue weighted by Gasteiger charge is 2.42. The van der Waals surface area contributed by atoms with Crippen LogP contribution in [0.5, 0.6) is 0 Å². The van der Waals surface area contributed by atoms with E-state index >= 15 is 0 Å². The Bertz CT molecular complexity index is 1580. The third-order valence-electron chi connectivity index (χ3n) is 7.39. The molecule has 0 aliphatic carbocycles. The molecule has 256 valence electrons. The van der Waals surface area contributed by atoms with Crippen molar-refractivity contribution in [2.45, 2.75) is 89.6 Å². The topological polar surface area (TPSA) is 150 Å². The lowest BCUT2D eigenvalue weighted by molar-refractivity contribution is -0.151. The van der Waals surface area contributed by atoms with Crippen molar-refractivity contribution in [1.82, 2.24) is 20.0 Å². The fraction of sp³-hybridized carbons (Fsp3) is 0.571. The lowest BCUT2D eigenvalue weighted by atomic mass is 9.89. The van der Waals surface area contributed by atoms with Gasteiger partial charge in [-0.25, -0.2) is 13.4 Å². The van der Waals surface area contributed by atoms with E-state index in [1.54, 1.807) is 9.62 Å². The summed E-state index contributed by atoms with van der Waals surface area (Å²) in [5.41, 5.74) is 1.52. The first-order valence-corrected chi connectivity index (χ1v) is 17.4. The molecule has 11 nitrogen and oxygen atoms in total. The maximum absolute atomic E-state index is 13.8. The number of thiazole rings is 1. The van der Waals surface area contributed by atoms with Gasteiger partial charge in [0.05, 0.1) is 20.3 Å². The normalized spacial score (nSPS) is 17.1.